The van der Waals surface area contributed by atoms with Crippen LogP contribution in [-0.2, 0) is 28.8 Å². The molecule has 0 radical (unpaired) electrons. The van der Waals surface area contributed by atoms with Gasteiger partial charge in [-0.15, -0.1) is 0 Å². The number of aliphatic imine (C=N–C) groups is 1. The number of primary amides is 1. The fourth-order valence-electron chi connectivity index (χ4n) is 3.07. The van der Waals surface area contributed by atoms with Gasteiger partial charge >= 0.3 is 11.9 Å². The molecule has 0 saturated carbocycles. The average Bonchev–Trinajstić information content (AvgIpc) is 2.80. The van der Waals surface area contributed by atoms with Crippen LogP contribution in [0.3, 0.4) is 0 Å². The van der Waals surface area contributed by atoms with Gasteiger partial charge in [0.1, 0.15) is 18.1 Å². The van der Waals surface area contributed by atoms with Crippen LogP contribution in [0, 0.1) is 5.92 Å². The summed E-state index contributed by atoms with van der Waals surface area (Å²) in [6.45, 7) is 3.49. The fourth-order valence-corrected chi connectivity index (χ4v) is 3.07. The highest BCUT2D eigenvalue weighted by Crippen LogP contribution is 2.10. The molecule has 0 fully saturated rings. The average molecular weight is 531 g/mol. The molecule has 0 rings (SSSR count). The number of aliphatic carboxylic acids is 2. The number of amides is 4. The van der Waals surface area contributed by atoms with Crippen molar-refractivity contribution in [3.8, 4) is 0 Å². The van der Waals surface area contributed by atoms with E-state index in [4.69, 9.17) is 22.9 Å². The van der Waals surface area contributed by atoms with Crippen molar-refractivity contribution in [1.29, 1.82) is 0 Å². The Bertz CT molecular complexity index is 861. The number of nitrogens with one attached hydrogen (secondary N) is 3. The third kappa shape index (κ3) is 13.6. The predicted molar refractivity (Wildman–Crippen MR) is 131 cm³/mol. The Morgan fingerprint density at radius 2 is 1.46 bits per heavy atom. The smallest absolute Gasteiger partial charge is 0.326 e. The second-order valence-corrected chi connectivity index (χ2v) is 8.49. The molecule has 5 unspecified atom stereocenters. The highest BCUT2D eigenvalue weighted by atomic mass is 16.4. The van der Waals surface area contributed by atoms with E-state index in [2.05, 4.69) is 20.9 Å². The van der Waals surface area contributed by atoms with Crippen molar-refractivity contribution < 1.29 is 39.0 Å². The van der Waals surface area contributed by atoms with Gasteiger partial charge in [-0.2, -0.15) is 0 Å². The van der Waals surface area contributed by atoms with E-state index >= 15 is 0 Å². The van der Waals surface area contributed by atoms with Gasteiger partial charge in [0.05, 0.1) is 12.5 Å². The van der Waals surface area contributed by atoms with Crippen molar-refractivity contribution in [2.45, 2.75) is 76.5 Å². The lowest BCUT2D eigenvalue weighted by molar-refractivity contribution is -0.144. The lowest BCUT2D eigenvalue weighted by atomic mass is 9.97. The van der Waals surface area contributed by atoms with Crippen molar-refractivity contribution in [2.75, 3.05) is 6.54 Å². The molecule has 0 spiro atoms. The lowest BCUT2D eigenvalue weighted by Crippen LogP contribution is -2.59. The standard InChI is InChI=1S/C21H38N8O8/c1-3-10(2)16(29-17(33)11(22)6-7-14(23)30)19(35)28-13(9-15(31)32)18(34)27-12(20(36)37)5-4-8-26-21(24)25/h10-13,16H,3-9,22H2,1-2H3,(H2,23,30)(H,27,34)(H,28,35)(H,29,33)(H,31,32)(H,36,37)(H4,24,25,26). The number of carbonyl (C=O) groups is 6. The van der Waals surface area contributed by atoms with Crippen molar-refractivity contribution in [3.63, 3.8) is 0 Å². The zero-order chi connectivity index (χ0) is 28.7. The molecule has 0 aromatic heterocycles. The van der Waals surface area contributed by atoms with Gasteiger partial charge in [-0.1, -0.05) is 20.3 Å². The van der Waals surface area contributed by atoms with Gasteiger partial charge in [-0.25, -0.2) is 4.79 Å². The molecule has 0 aromatic rings. The topological polar surface area (TPSA) is 295 Å². The molecule has 0 saturated heterocycles. The van der Waals surface area contributed by atoms with E-state index in [0.29, 0.717) is 6.42 Å². The third-order valence-corrected chi connectivity index (χ3v) is 5.40. The molecule has 37 heavy (non-hydrogen) atoms. The maximum absolute atomic E-state index is 13.0. The van der Waals surface area contributed by atoms with Gasteiger partial charge in [0.15, 0.2) is 5.96 Å². The minimum Gasteiger partial charge on any atom is -0.481 e. The second kappa shape index (κ2) is 16.7. The Kier molecular flexibility index (Phi) is 14.9. The molecule has 16 heteroatoms. The largest absolute Gasteiger partial charge is 0.481 e. The summed E-state index contributed by atoms with van der Waals surface area (Å²) in [4.78, 5) is 75.7. The van der Waals surface area contributed by atoms with Gasteiger partial charge in [0, 0.05) is 13.0 Å². The highest BCUT2D eigenvalue weighted by molar-refractivity contribution is 5.95. The van der Waals surface area contributed by atoms with Crippen LogP contribution in [0.25, 0.3) is 0 Å². The molecular formula is C21H38N8O8. The monoisotopic (exact) mass is 530 g/mol. The first-order valence-electron chi connectivity index (χ1n) is 11.6. The van der Waals surface area contributed by atoms with E-state index < -0.39 is 72.1 Å². The molecule has 0 bridgehead atoms. The number of carboxylic acid groups (broad SMARTS) is 2. The molecule has 13 N–H and O–H groups in total. The second-order valence-electron chi connectivity index (χ2n) is 8.49. The van der Waals surface area contributed by atoms with Crippen LogP contribution in [0.4, 0.5) is 0 Å². The number of rotatable bonds is 18. The van der Waals surface area contributed by atoms with Crippen LogP contribution >= 0.6 is 0 Å². The summed E-state index contributed by atoms with van der Waals surface area (Å²) in [6.07, 6.45) is -0.505. The number of carbonyl (C=O) groups excluding carboxylic acids is 4. The normalized spacial score (nSPS) is 14.7. The van der Waals surface area contributed by atoms with Crippen LogP contribution in [0.2, 0.25) is 0 Å². The van der Waals surface area contributed by atoms with E-state index in [0.717, 1.165) is 0 Å². The Morgan fingerprint density at radius 1 is 0.865 bits per heavy atom. The first-order chi connectivity index (χ1) is 17.2. The van der Waals surface area contributed by atoms with Gasteiger partial charge in [0.2, 0.25) is 23.6 Å². The van der Waals surface area contributed by atoms with E-state index in [1.54, 1.807) is 13.8 Å². The number of nitrogens with zero attached hydrogens (tertiary/aromatic N) is 1. The van der Waals surface area contributed by atoms with Crippen LogP contribution in [0.5, 0.6) is 0 Å². The zero-order valence-corrected chi connectivity index (χ0v) is 20.9. The van der Waals surface area contributed by atoms with Crippen molar-refractivity contribution >= 4 is 41.5 Å². The maximum atomic E-state index is 13.0. The Hall–Kier alpha value is -3.95. The lowest BCUT2D eigenvalue weighted by Gasteiger charge is -2.27. The summed E-state index contributed by atoms with van der Waals surface area (Å²) in [5.74, 6) is -6.76. The summed E-state index contributed by atoms with van der Waals surface area (Å²) < 4.78 is 0. The summed E-state index contributed by atoms with van der Waals surface area (Å²) in [5.41, 5.74) is 21.2. The van der Waals surface area contributed by atoms with Crippen molar-refractivity contribution in [1.82, 2.24) is 16.0 Å². The first kappa shape index (κ1) is 33.0. The summed E-state index contributed by atoms with van der Waals surface area (Å²) >= 11 is 0. The van der Waals surface area contributed by atoms with Crippen LogP contribution < -0.4 is 38.9 Å². The third-order valence-electron chi connectivity index (χ3n) is 5.40. The quantitative estimate of drug-likeness (QED) is 0.0480. The maximum Gasteiger partial charge on any atom is 0.326 e. The van der Waals surface area contributed by atoms with Crippen LogP contribution in [0.1, 0.15) is 52.4 Å². The number of hydrogen-bond donors (Lipinski definition) is 9. The summed E-state index contributed by atoms with van der Waals surface area (Å²) in [5, 5.41) is 25.6. The van der Waals surface area contributed by atoms with Gasteiger partial charge in [-0.05, 0) is 25.2 Å². The predicted octanol–water partition coefficient (Wildman–Crippen LogP) is -3.31. The SMILES string of the molecule is CCC(C)C(NC(=O)C(N)CCC(N)=O)C(=O)NC(CC(=O)O)C(=O)NC(CCCN=C(N)N)C(=O)O. The Labute approximate surface area is 214 Å². The summed E-state index contributed by atoms with van der Waals surface area (Å²) in [7, 11) is 0. The molecule has 0 aliphatic heterocycles. The number of carboxylic acids is 2. The molecule has 4 amide bonds. The van der Waals surface area contributed by atoms with Crippen LogP contribution in [0.15, 0.2) is 4.99 Å². The molecule has 0 aliphatic rings. The van der Waals surface area contributed by atoms with E-state index in [9.17, 15) is 39.0 Å². The fraction of sp³-hybridized carbons (Fsp3) is 0.667. The van der Waals surface area contributed by atoms with E-state index in [-0.39, 0.29) is 38.2 Å². The molecule has 210 valence electrons. The minimum absolute atomic E-state index is 0.0557. The molecule has 16 nitrogen and oxygen atoms in total. The Morgan fingerprint density at radius 3 is 1.95 bits per heavy atom. The molecular weight excluding hydrogens is 492 g/mol. The summed E-state index contributed by atoms with van der Waals surface area (Å²) in [6, 6.07) is -5.38. The number of guanidine groups is 1. The molecule has 0 aromatic carbocycles. The Balaban J connectivity index is 5.52. The highest BCUT2D eigenvalue weighted by Gasteiger charge is 2.33. The van der Waals surface area contributed by atoms with Gasteiger partial charge in [0.25, 0.3) is 0 Å². The minimum atomic E-state index is -1.64. The molecule has 0 heterocycles. The zero-order valence-electron chi connectivity index (χ0n) is 20.9. The molecule has 5 atom stereocenters. The van der Waals surface area contributed by atoms with E-state index in [1.165, 1.54) is 0 Å². The van der Waals surface area contributed by atoms with Gasteiger partial charge in [-0.3, -0.25) is 29.0 Å². The van der Waals surface area contributed by atoms with Gasteiger partial charge < -0.3 is 49.1 Å². The van der Waals surface area contributed by atoms with Crippen molar-refractivity contribution in [3.05, 3.63) is 0 Å². The van der Waals surface area contributed by atoms with Crippen molar-refractivity contribution in [2.24, 2.45) is 33.8 Å². The van der Waals surface area contributed by atoms with Crippen LogP contribution in [-0.4, -0.2) is 82.5 Å². The molecule has 0 aliphatic carbocycles. The first-order valence-corrected chi connectivity index (χ1v) is 11.6. The number of hydrogen-bond acceptors (Lipinski definition) is 8. The van der Waals surface area contributed by atoms with E-state index in [1.807, 2.05) is 0 Å². The number of nitrogens with two attached hydrogens (primary N) is 4.